The molecule has 6 bridgehead atoms. The molecule has 0 aromatic carbocycles. The number of ether oxygens (including phenoxy) is 8. The van der Waals surface area contributed by atoms with Crippen molar-refractivity contribution >= 4 is 5.78 Å². The molecule has 0 radical (unpaired) electrons. The second kappa shape index (κ2) is 10.9. The van der Waals surface area contributed by atoms with Crippen molar-refractivity contribution in [3.05, 3.63) is 0 Å². The van der Waals surface area contributed by atoms with Gasteiger partial charge in [0.2, 0.25) is 0 Å². The van der Waals surface area contributed by atoms with Crippen molar-refractivity contribution < 1.29 is 47.8 Å². The molecule has 4 spiro atoms. The van der Waals surface area contributed by atoms with Gasteiger partial charge in [-0.3, -0.25) is 4.79 Å². The summed E-state index contributed by atoms with van der Waals surface area (Å²) in [5.74, 6) is 2.10. The molecule has 4 heterocycles. The van der Waals surface area contributed by atoms with Crippen molar-refractivity contribution in [1.29, 1.82) is 0 Å². The number of hydrogen-bond donors (Lipinski definition) is 1. The minimum absolute atomic E-state index is 0.183. The molecule has 4 saturated heterocycles. The molecule has 10 nitrogen and oxygen atoms in total. The second-order valence-corrected chi connectivity index (χ2v) is 15.1. The lowest BCUT2D eigenvalue weighted by atomic mass is 9.73. The lowest BCUT2D eigenvalue weighted by Crippen LogP contribution is -2.53. The van der Waals surface area contributed by atoms with Crippen LogP contribution in [0, 0.1) is 35.5 Å². The second-order valence-electron chi connectivity index (χ2n) is 15.1. The number of aliphatic hydroxyl groups is 1. The van der Waals surface area contributed by atoms with Gasteiger partial charge < -0.3 is 43.0 Å². The SMILES string of the molecule is C1COC2(O1)C1CCC2CC2(CO2)C1.COCC1(O)CC2CCC(C1)C21OCCO1.O=C1CC2CCC(C1)C21OCCO1. The summed E-state index contributed by atoms with van der Waals surface area (Å²) in [6, 6.07) is 0. The van der Waals surface area contributed by atoms with Crippen LogP contribution < -0.4 is 0 Å². The fourth-order valence-corrected chi connectivity index (χ4v) is 11.0. The van der Waals surface area contributed by atoms with Crippen LogP contribution in [0.3, 0.4) is 0 Å². The van der Waals surface area contributed by atoms with E-state index in [1.807, 2.05) is 0 Å². The molecule has 10 rings (SSSR count). The van der Waals surface area contributed by atoms with Gasteiger partial charge in [-0.15, -0.1) is 0 Å². The Kier molecular flexibility index (Phi) is 7.56. The van der Waals surface area contributed by atoms with Crippen molar-refractivity contribution in [3.8, 4) is 0 Å². The van der Waals surface area contributed by atoms with Gasteiger partial charge in [0, 0.05) is 55.5 Å². The van der Waals surface area contributed by atoms with Gasteiger partial charge >= 0.3 is 0 Å². The number of epoxide rings is 1. The predicted octanol–water partition coefficient (Wildman–Crippen LogP) is 3.36. The maximum atomic E-state index is 11.4. The van der Waals surface area contributed by atoms with Gasteiger partial charge in [-0.2, -0.15) is 0 Å². The lowest BCUT2D eigenvalue weighted by Gasteiger charge is -2.45. The van der Waals surface area contributed by atoms with Crippen LogP contribution in [0.1, 0.15) is 77.0 Å². The Morgan fingerprint density at radius 1 is 0.605 bits per heavy atom. The first-order valence-electron chi connectivity index (χ1n) is 17.0. The molecule has 10 heteroatoms. The molecular formula is C33H50O10. The van der Waals surface area contributed by atoms with Crippen molar-refractivity contribution in [3.63, 3.8) is 0 Å². The highest BCUT2D eigenvalue weighted by Gasteiger charge is 2.66. The molecule has 6 aliphatic carbocycles. The van der Waals surface area contributed by atoms with E-state index in [4.69, 9.17) is 37.9 Å². The van der Waals surface area contributed by atoms with Gasteiger partial charge in [0.15, 0.2) is 17.4 Å². The lowest BCUT2D eigenvalue weighted by molar-refractivity contribution is -0.252. The normalized spacial score (nSPS) is 46.8. The van der Waals surface area contributed by atoms with Crippen LogP contribution in [0.15, 0.2) is 0 Å². The molecule has 242 valence electrons. The van der Waals surface area contributed by atoms with E-state index in [0.29, 0.717) is 87.2 Å². The first-order chi connectivity index (χ1) is 20.8. The Hall–Kier alpha value is -0.690. The van der Waals surface area contributed by atoms with Crippen LogP contribution in [0.2, 0.25) is 0 Å². The van der Waals surface area contributed by atoms with E-state index < -0.39 is 5.60 Å². The maximum absolute atomic E-state index is 11.4. The van der Waals surface area contributed by atoms with Crippen LogP contribution in [-0.4, -0.2) is 99.4 Å². The number of Topliss-reactive ketones (excluding diaryl/α,β-unsaturated/α-hetero) is 1. The van der Waals surface area contributed by atoms with Crippen LogP contribution in [0.25, 0.3) is 0 Å². The van der Waals surface area contributed by atoms with Gasteiger partial charge in [-0.1, -0.05) is 0 Å². The molecule has 1 N–H and O–H groups in total. The van der Waals surface area contributed by atoms with Gasteiger partial charge in [0.05, 0.1) is 64.1 Å². The van der Waals surface area contributed by atoms with Gasteiger partial charge in [0.1, 0.15) is 5.78 Å². The monoisotopic (exact) mass is 606 g/mol. The van der Waals surface area contributed by atoms with E-state index >= 15 is 0 Å². The highest BCUT2D eigenvalue weighted by atomic mass is 16.8. The van der Waals surface area contributed by atoms with Gasteiger partial charge in [-0.05, 0) is 64.2 Å². The Morgan fingerprint density at radius 3 is 1.33 bits per heavy atom. The molecular weight excluding hydrogens is 556 g/mol. The molecule has 10 fully saturated rings. The fraction of sp³-hybridized carbons (Fsp3) is 0.970. The number of carbonyl (C=O) groups excluding carboxylic acids is 1. The van der Waals surface area contributed by atoms with E-state index in [9.17, 15) is 9.90 Å². The van der Waals surface area contributed by atoms with Crippen molar-refractivity contribution in [2.75, 3.05) is 60.0 Å². The summed E-state index contributed by atoms with van der Waals surface area (Å²) in [5, 5.41) is 10.5. The number of carbonyl (C=O) groups is 1. The minimum atomic E-state index is -0.666. The first-order valence-corrected chi connectivity index (χ1v) is 17.0. The molecule has 0 amide bonds. The Balaban J connectivity index is 0.0000000974. The van der Waals surface area contributed by atoms with Crippen molar-refractivity contribution in [2.45, 2.75) is 106 Å². The van der Waals surface area contributed by atoms with E-state index in [1.54, 1.807) is 7.11 Å². The molecule has 6 atom stereocenters. The molecule has 4 aliphatic heterocycles. The van der Waals surface area contributed by atoms with Crippen LogP contribution in [0.5, 0.6) is 0 Å². The topological polar surface area (TPSA) is 114 Å². The van der Waals surface area contributed by atoms with E-state index in [1.165, 1.54) is 25.7 Å². The number of rotatable bonds is 2. The summed E-state index contributed by atoms with van der Waals surface area (Å²) >= 11 is 0. The maximum Gasteiger partial charge on any atom is 0.174 e. The smallest absolute Gasteiger partial charge is 0.174 e. The average molecular weight is 607 g/mol. The van der Waals surface area contributed by atoms with Gasteiger partial charge in [0.25, 0.3) is 0 Å². The van der Waals surface area contributed by atoms with Crippen molar-refractivity contribution in [1.82, 2.24) is 0 Å². The van der Waals surface area contributed by atoms with E-state index in [2.05, 4.69) is 0 Å². The molecule has 10 aliphatic rings. The highest BCUT2D eigenvalue weighted by molar-refractivity contribution is 5.80. The van der Waals surface area contributed by atoms with E-state index in [0.717, 1.165) is 58.3 Å². The summed E-state index contributed by atoms with van der Waals surface area (Å²) in [5.41, 5.74) is -0.409. The summed E-state index contributed by atoms with van der Waals surface area (Å²) < 4.78 is 45.8. The third kappa shape index (κ3) is 4.89. The molecule has 0 aromatic rings. The first kappa shape index (κ1) is 29.7. The number of methoxy groups -OCH3 is 1. The zero-order valence-corrected chi connectivity index (χ0v) is 25.7. The van der Waals surface area contributed by atoms with Crippen LogP contribution >= 0.6 is 0 Å². The Bertz CT molecular complexity index is 988. The summed E-state index contributed by atoms with van der Waals surface area (Å²) in [6.45, 7) is 5.82. The molecule has 43 heavy (non-hydrogen) atoms. The highest BCUT2D eigenvalue weighted by Crippen LogP contribution is 2.61. The number of ketones is 1. The fourth-order valence-electron chi connectivity index (χ4n) is 11.0. The third-order valence-electron chi connectivity index (χ3n) is 12.6. The minimum Gasteiger partial charge on any atom is -0.387 e. The summed E-state index contributed by atoms with van der Waals surface area (Å²) in [7, 11) is 1.65. The molecule has 0 aromatic heterocycles. The predicted molar refractivity (Wildman–Crippen MR) is 151 cm³/mol. The largest absolute Gasteiger partial charge is 0.387 e. The molecule has 6 unspecified atom stereocenters. The standard InChI is InChI=1S/C12H20O4.C11H16O3.C10H14O3/c1-14-8-11(13)6-9-2-3-10(7-11)12(9)15-4-5-16-12;1-2-9-6-10(7-14-10)5-8(1)11(9)12-3-4-13-11;11-9-5-7-1-2-8(6-9)10(7)12-3-4-13-10/h9-10,13H,2-8H2,1H3;8-9H,1-7H2;7-8H,1-6H2. The quantitative estimate of drug-likeness (QED) is 0.470. The zero-order chi connectivity index (χ0) is 29.3. The summed E-state index contributed by atoms with van der Waals surface area (Å²) in [4.78, 5) is 11.4. The van der Waals surface area contributed by atoms with Gasteiger partial charge in [-0.25, -0.2) is 0 Å². The Morgan fingerprint density at radius 2 is 0.953 bits per heavy atom. The number of hydrogen-bond acceptors (Lipinski definition) is 10. The van der Waals surface area contributed by atoms with Crippen LogP contribution in [0.4, 0.5) is 0 Å². The Labute approximate surface area is 254 Å². The summed E-state index contributed by atoms with van der Waals surface area (Å²) in [6.07, 6.45) is 12.2. The third-order valence-corrected chi connectivity index (χ3v) is 12.6. The van der Waals surface area contributed by atoms with Crippen LogP contribution in [-0.2, 0) is 42.7 Å². The van der Waals surface area contributed by atoms with Crippen molar-refractivity contribution in [2.24, 2.45) is 35.5 Å². The molecule has 6 saturated carbocycles. The average Bonchev–Trinajstić information content (AvgIpc) is 3.57. The van der Waals surface area contributed by atoms with E-state index in [-0.39, 0.29) is 23.0 Å². The zero-order valence-electron chi connectivity index (χ0n) is 25.7.